The van der Waals surface area contributed by atoms with E-state index in [9.17, 15) is 9.59 Å². The molecule has 134 valence electrons. The van der Waals surface area contributed by atoms with Gasteiger partial charge in [0.2, 0.25) is 0 Å². The Morgan fingerprint density at radius 1 is 1.20 bits per heavy atom. The standard InChI is InChI=1S/C18H22N2O5/c1-4-24-18(22)14-11-15(16(20-14)17(21)19-2)25-10-9-12-5-7-13(23-3)8-6-12/h5-8,11,20H,4,9-10H2,1-3H3,(H,19,21). The summed E-state index contributed by atoms with van der Waals surface area (Å²) in [5, 5.41) is 2.51. The van der Waals surface area contributed by atoms with Crippen LogP contribution in [-0.4, -0.2) is 44.2 Å². The average Bonchev–Trinajstić information content (AvgIpc) is 3.06. The number of hydrogen-bond acceptors (Lipinski definition) is 5. The normalized spacial score (nSPS) is 10.2. The first-order valence-electron chi connectivity index (χ1n) is 7.97. The van der Waals surface area contributed by atoms with Crippen LogP contribution in [0.1, 0.15) is 33.5 Å². The maximum atomic E-state index is 11.9. The maximum Gasteiger partial charge on any atom is 0.354 e. The number of aromatic nitrogens is 1. The first-order valence-corrected chi connectivity index (χ1v) is 7.97. The molecule has 0 aliphatic carbocycles. The van der Waals surface area contributed by atoms with Gasteiger partial charge < -0.3 is 24.5 Å². The van der Waals surface area contributed by atoms with E-state index in [-0.39, 0.29) is 23.9 Å². The van der Waals surface area contributed by atoms with E-state index in [0.717, 1.165) is 11.3 Å². The highest BCUT2D eigenvalue weighted by Gasteiger charge is 2.20. The number of hydrogen-bond donors (Lipinski definition) is 2. The molecule has 1 amide bonds. The summed E-state index contributed by atoms with van der Waals surface area (Å²) in [4.78, 5) is 26.5. The first kappa shape index (κ1) is 18.4. The van der Waals surface area contributed by atoms with Crippen molar-refractivity contribution in [1.82, 2.24) is 10.3 Å². The molecule has 0 spiro atoms. The smallest absolute Gasteiger partial charge is 0.354 e. The van der Waals surface area contributed by atoms with Crippen molar-refractivity contribution in [3.8, 4) is 11.5 Å². The van der Waals surface area contributed by atoms with Gasteiger partial charge in [0, 0.05) is 19.5 Å². The zero-order valence-electron chi connectivity index (χ0n) is 14.5. The number of nitrogens with one attached hydrogen (secondary N) is 2. The van der Waals surface area contributed by atoms with Crippen molar-refractivity contribution in [2.24, 2.45) is 0 Å². The molecule has 0 saturated carbocycles. The number of esters is 1. The van der Waals surface area contributed by atoms with Gasteiger partial charge in [-0.3, -0.25) is 4.79 Å². The summed E-state index contributed by atoms with van der Waals surface area (Å²) in [6, 6.07) is 9.13. The van der Waals surface area contributed by atoms with Crippen molar-refractivity contribution in [3.63, 3.8) is 0 Å². The number of rotatable bonds is 8. The monoisotopic (exact) mass is 346 g/mol. The third-order valence-electron chi connectivity index (χ3n) is 3.54. The van der Waals surface area contributed by atoms with E-state index in [1.807, 2.05) is 24.3 Å². The molecule has 1 heterocycles. The van der Waals surface area contributed by atoms with Crippen LogP contribution in [0.2, 0.25) is 0 Å². The van der Waals surface area contributed by atoms with Gasteiger partial charge in [-0.2, -0.15) is 0 Å². The molecule has 7 heteroatoms. The minimum Gasteiger partial charge on any atom is -0.497 e. The lowest BCUT2D eigenvalue weighted by Crippen LogP contribution is -2.19. The Hall–Kier alpha value is -2.96. The zero-order chi connectivity index (χ0) is 18.2. The molecule has 0 radical (unpaired) electrons. The van der Waals surface area contributed by atoms with Crippen LogP contribution in [0.25, 0.3) is 0 Å². The third-order valence-corrected chi connectivity index (χ3v) is 3.54. The van der Waals surface area contributed by atoms with Crippen LogP contribution in [0.3, 0.4) is 0 Å². The largest absolute Gasteiger partial charge is 0.497 e. The summed E-state index contributed by atoms with van der Waals surface area (Å²) in [7, 11) is 3.12. The number of amides is 1. The molecule has 2 aromatic rings. The number of methoxy groups -OCH3 is 1. The van der Waals surface area contributed by atoms with Gasteiger partial charge >= 0.3 is 5.97 Å². The fourth-order valence-corrected chi connectivity index (χ4v) is 2.23. The number of ether oxygens (including phenoxy) is 3. The second kappa shape index (κ2) is 8.77. The molecule has 0 aliphatic rings. The van der Waals surface area contributed by atoms with Gasteiger partial charge in [0.1, 0.15) is 17.1 Å². The molecule has 7 nitrogen and oxygen atoms in total. The molecule has 0 unspecified atom stereocenters. The Morgan fingerprint density at radius 3 is 2.52 bits per heavy atom. The molecule has 2 N–H and O–H groups in total. The lowest BCUT2D eigenvalue weighted by Gasteiger charge is -2.07. The molecule has 25 heavy (non-hydrogen) atoms. The fraction of sp³-hybridized carbons (Fsp3) is 0.333. The van der Waals surface area contributed by atoms with Gasteiger partial charge in [-0.1, -0.05) is 12.1 Å². The molecule has 1 aromatic carbocycles. The van der Waals surface area contributed by atoms with Gasteiger partial charge in [0.05, 0.1) is 20.3 Å². The molecule has 2 rings (SSSR count). The van der Waals surface area contributed by atoms with E-state index < -0.39 is 5.97 Å². The zero-order valence-corrected chi connectivity index (χ0v) is 14.5. The fourth-order valence-electron chi connectivity index (χ4n) is 2.23. The summed E-state index contributed by atoms with van der Waals surface area (Å²) in [5.41, 5.74) is 1.45. The third kappa shape index (κ3) is 4.76. The Kier molecular flexibility index (Phi) is 6.45. The highest BCUT2D eigenvalue weighted by atomic mass is 16.5. The lowest BCUT2D eigenvalue weighted by atomic mass is 10.1. The van der Waals surface area contributed by atoms with Gasteiger partial charge in [0.25, 0.3) is 5.91 Å². The second-order valence-corrected chi connectivity index (χ2v) is 5.17. The van der Waals surface area contributed by atoms with Gasteiger partial charge in [-0.25, -0.2) is 4.79 Å². The summed E-state index contributed by atoms with van der Waals surface area (Å²) in [6.45, 7) is 2.32. The number of carbonyl (C=O) groups excluding carboxylic acids is 2. The van der Waals surface area contributed by atoms with Crippen LogP contribution < -0.4 is 14.8 Å². The molecular weight excluding hydrogens is 324 g/mol. The summed E-state index contributed by atoms with van der Waals surface area (Å²) in [5.74, 6) is 0.208. The van der Waals surface area contributed by atoms with E-state index >= 15 is 0 Å². The molecule has 0 aliphatic heterocycles. The molecule has 1 aromatic heterocycles. The first-order chi connectivity index (χ1) is 12.1. The van der Waals surface area contributed by atoms with Crippen molar-refractivity contribution >= 4 is 11.9 Å². The van der Waals surface area contributed by atoms with Crippen molar-refractivity contribution < 1.29 is 23.8 Å². The SMILES string of the molecule is CCOC(=O)c1cc(OCCc2ccc(OC)cc2)c(C(=O)NC)[nH]1. The summed E-state index contributed by atoms with van der Waals surface area (Å²) in [6.07, 6.45) is 0.650. The predicted octanol–water partition coefficient (Wildman–Crippen LogP) is 2.18. The summed E-state index contributed by atoms with van der Waals surface area (Å²) >= 11 is 0. The van der Waals surface area contributed by atoms with E-state index in [2.05, 4.69) is 10.3 Å². The van der Waals surface area contributed by atoms with Crippen LogP contribution in [0, 0.1) is 0 Å². The van der Waals surface area contributed by atoms with E-state index in [1.165, 1.54) is 13.1 Å². The van der Waals surface area contributed by atoms with Crippen molar-refractivity contribution in [2.45, 2.75) is 13.3 Å². The minimum absolute atomic E-state index is 0.180. The molecule has 0 fully saturated rings. The lowest BCUT2D eigenvalue weighted by molar-refractivity contribution is 0.0520. The highest BCUT2D eigenvalue weighted by Crippen LogP contribution is 2.21. The van der Waals surface area contributed by atoms with Crippen molar-refractivity contribution in [3.05, 3.63) is 47.3 Å². The van der Waals surface area contributed by atoms with Crippen LogP contribution >= 0.6 is 0 Å². The Morgan fingerprint density at radius 2 is 1.92 bits per heavy atom. The maximum absolute atomic E-state index is 11.9. The molecular formula is C18H22N2O5. The van der Waals surface area contributed by atoms with E-state index in [0.29, 0.717) is 18.8 Å². The quantitative estimate of drug-likeness (QED) is 0.715. The Balaban J connectivity index is 2.05. The van der Waals surface area contributed by atoms with Crippen LogP contribution in [0.15, 0.2) is 30.3 Å². The van der Waals surface area contributed by atoms with E-state index in [4.69, 9.17) is 14.2 Å². The minimum atomic E-state index is -0.530. The van der Waals surface area contributed by atoms with Crippen LogP contribution in [0.4, 0.5) is 0 Å². The molecule has 0 bridgehead atoms. The number of H-pyrrole nitrogens is 1. The van der Waals surface area contributed by atoms with Crippen molar-refractivity contribution in [2.75, 3.05) is 27.4 Å². The van der Waals surface area contributed by atoms with Crippen LogP contribution in [-0.2, 0) is 11.2 Å². The second-order valence-electron chi connectivity index (χ2n) is 5.17. The number of aromatic amines is 1. The van der Waals surface area contributed by atoms with Gasteiger partial charge in [-0.05, 0) is 24.6 Å². The van der Waals surface area contributed by atoms with Gasteiger partial charge in [-0.15, -0.1) is 0 Å². The van der Waals surface area contributed by atoms with Gasteiger partial charge in [0.15, 0.2) is 5.75 Å². The van der Waals surface area contributed by atoms with Crippen molar-refractivity contribution in [1.29, 1.82) is 0 Å². The highest BCUT2D eigenvalue weighted by molar-refractivity contribution is 5.98. The average molecular weight is 346 g/mol. The predicted molar refractivity (Wildman–Crippen MR) is 92.3 cm³/mol. The van der Waals surface area contributed by atoms with Crippen LogP contribution in [0.5, 0.6) is 11.5 Å². The molecule has 0 saturated heterocycles. The number of benzene rings is 1. The Labute approximate surface area is 146 Å². The Bertz CT molecular complexity index is 722. The van der Waals surface area contributed by atoms with E-state index in [1.54, 1.807) is 14.0 Å². The molecule has 0 atom stereocenters. The number of carbonyl (C=O) groups is 2. The topological polar surface area (TPSA) is 89.7 Å². The summed E-state index contributed by atoms with van der Waals surface area (Å²) < 4.78 is 15.8.